The lowest BCUT2D eigenvalue weighted by molar-refractivity contribution is -0.140. The molecule has 0 saturated carbocycles. The third-order valence-electron chi connectivity index (χ3n) is 2.59. The molecule has 2 atom stereocenters. The molecule has 1 amide bonds. The van der Waals surface area contributed by atoms with E-state index in [9.17, 15) is 4.79 Å². The number of thioether (sulfide) groups is 1. The highest BCUT2D eigenvalue weighted by Gasteiger charge is 2.31. The maximum atomic E-state index is 11.7. The number of nitrogens with one attached hydrogen (secondary N) is 1. The first-order chi connectivity index (χ1) is 6.45. The third kappa shape index (κ3) is 2.89. The monoisotopic (exact) mass is 217 g/mol. The number of hydrogen-bond donors (Lipinski definition) is 1. The second kappa shape index (κ2) is 4.53. The van der Waals surface area contributed by atoms with Gasteiger partial charge in [-0.3, -0.25) is 4.79 Å². The smallest absolute Gasteiger partial charge is 0.251 e. The van der Waals surface area contributed by atoms with E-state index in [0.717, 1.165) is 12.2 Å². The highest BCUT2D eigenvalue weighted by Crippen LogP contribution is 2.26. The van der Waals surface area contributed by atoms with Crippen molar-refractivity contribution in [1.82, 2.24) is 5.32 Å². The van der Waals surface area contributed by atoms with Crippen molar-refractivity contribution in [3.05, 3.63) is 0 Å². The Bertz CT molecular complexity index is 218. The molecule has 82 valence electrons. The molecule has 4 heteroatoms. The molecule has 0 aromatic carbocycles. The Kier molecular flexibility index (Phi) is 3.84. The van der Waals surface area contributed by atoms with Gasteiger partial charge in [-0.15, -0.1) is 0 Å². The Labute approximate surface area is 90.0 Å². The van der Waals surface area contributed by atoms with Crippen LogP contribution in [0.2, 0.25) is 0 Å². The van der Waals surface area contributed by atoms with Crippen molar-refractivity contribution in [3.8, 4) is 0 Å². The number of rotatable bonds is 3. The molecule has 0 aromatic heterocycles. The quantitative estimate of drug-likeness (QED) is 0.777. The van der Waals surface area contributed by atoms with E-state index in [1.54, 1.807) is 21.0 Å². The lowest BCUT2D eigenvalue weighted by Crippen LogP contribution is -2.47. The molecule has 1 saturated heterocycles. The van der Waals surface area contributed by atoms with Crippen LogP contribution >= 0.6 is 11.8 Å². The van der Waals surface area contributed by atoms with Crippen molar-refractivity contribution in [3.63, 3.8) is 0 Å². The van der Waals surface area contributed by atoms with E-state index in [1.807, 2.05) is 11.8 Å². The van der Waals surface area contributed by atoms with Crippen LogP contribution in [0.15, 0.2) is 0 Å². The van der Waals surface area contributed by atoms with E-state index < -0.39 is 5.60 Å². The minimum atomic E-state index is -0.712. The minimum absolute atomic E-state index is 0.0142. The van der Waals surface area contributed by atoms with Crippen molar-refractivity contribution in [2.45, 2.75) is 44.1 Å². The molecule has 3 nitrogen and oxygen atoms in total. The Morgan fingerprint density at radius 3 is 2.64 bits per heavy atom. The molecule has 1 heterocycles. The molecule has 0 aromatic rings. The average molecular weight is 217 g/mol. The number of carbonyl (C=O) groups excluding carboxylic acids is 1. The Morgan fingerprint density at radius 1 is 1.57 bits per heavy atom. The molecule has 1 fully saturated rings. The summed E-state index contributed by atoms with van der Waals surface area (Å²) in [6.07, 6.45) is 1.07. The fourth-order valence-electron chi connectivity index (χ4n) is 1.37. The summed E-state index contributed by atoms with van der Waals surface area (Å²) in [5.41, 5.74) is -0.712. The first kappa shape index (κ1) is 11.9. The molecule has 1 N–H and O–H groups in total. The molecule has 0 bridgehead atoms. The fourth-order valence-corrected chi connectivity index (χ4v) is 2.52. The summed E-state index contributed by atoms with van der Waals surface area (Å²) in [5.74, 6) is 1.01. The van der Waals surface area contributed by atoms with Crippen LogP contribution in [0.5, 0.6) is 0 Å². The number of amides is 1. The van der Waals surface area contributed by atoms with Gasteiger partial charge in [0.15, 0.2) is 0 Å². The Morgan fingerprint density at radius 2 is 2.21 bits per heavy atom. The lowest BCUT2D eigenvalue weighted by atomic mass is 10.1. The topological polar surface area (TPSA) is 38.3 Å². The highest BCUT2D eigenvalue weighted by atomic mass is 32.2. The van der Waals surface area contributed by atoms with Crippen LogP contribution < -0.4 is 5.32 Å². The Hall–Kier alpha value is -0.220. The van der Waals surface area contributed by atoms with Crippen molar-refractivity contribution in [1.29, 1.82) is 0 Å². The molecule has 14 heavy (non-hydrogen) atoms. The number of carbonyl (C=O) groups is 1. The summed E-state index contributed by atoms with van der Waals surface area (Å²) in [4.78, 5) is 11.7. The molecule has 2 unspecified atom stereocenters. The van der Waals surface area contributed by atoms with E-state index in [0.29, 0.717) is 11.3 Å². The molecule has 0 aliphatic carbocycles. The standard InChI is InChI=1S/C10H19NO2S/c1-7-5-8(6-14-7)11-9(12)10(2,3)13-4/h7-8H,5-6H2,1-4H3,(H,11,12). The summed E-state index contributed by atoms with van der Waals surface area (Å²) < 4.78 is 5.12. The van der Waals surface area contributed by atoms with Gasteiger partial charge in [0.2, 0.25) is 0 Å². The molecular formula is C10H19NO2S. The van der Waals surface area contributed by atoms with Gasteiger partial charge in [0.1, 0.15) is 5.60 Å². The third-order valence-corrected chi connectivity index (χ3v) is 3.95. The van der Waals surface area contributed by atoms with Crippen molar-refractivity contribution >= 4 is 17.7 Å². The predicted octanol–water partition coefficient (Wildman–Crippen LogP) is 1.42. The van der Waals surface area contributed by atoms with Crippen LogP contribution in [0, 0.1) is 0 Å². The van der Waals surface area contributed by atoms with Gasteiger partial charge in [-0.1, -0.05) is 6.92 Å². The van der Waals surface area contributed by atoms with Crippen LogP contribution in [-0.4, -0.2) is 35.7 Å². The SMILES string of the molecule is COC(C)(C)C(=O)NC1CSC(C)C1. The van der Waals surface area contributed by atoms with Crippen LogP contribution in [0.25, 0.3) is 0 Å². The second-order valence-electron chi connectivity index (χ2n) is 4.26. The summed E-state index contributed by atoms with van der Waals surface area (Å²) in [5, 5.41) is 3.67. The maximum Gasteiger partial charge on any atom is 0.251 e. The Balaban J connectivity index is 2.41. The van der Waals surface area contributed by atoms with Gasteiger partial charge in [-0.05, 0) is 20.3 Å². The van der Waals surface area contributed by atoms with Gasteiger partial charge >= 0.3 is 0 Å². The van der Waals surface area contributed by atoms with Crippen molar-refractivity contribution in [2.75, 3.05) is 12.9 Å². The van der Waals surface area contributed by atoms with Crippen LogP contribution in [0.3, 0.4) is 0 Å². The van der Waals surface area contributed by atoms with Crippen LogP contribution in [0.4, 0.5) is 0 Å². The van der Waals surface area contributed by atoms with Gasteiger partial charge in [0.25, 0.3) is 5.91 Å². The van der Waals surface area contributed by atoms with E-state index in [4.69, 9.17) is 4.74 Å². The van der Waals surface area contributed by atoms with Crippen LogP contribution in [-0.2, 0) is 9.53 Å². The number of ether oxygens (including phenoxy) is 1. The number of methoxy groups -OCH3 is 1. The zero-order valence-electron chi connectivity index (χ0n) is 9.29. The predicted molar refractivity (Wildman–Crippen MR) is 59.6 cm³/mol. The van der Waals surface area contributed by atoms with Crippen molar-refractivity contribution < 1.29 is 9.53 Å². The molecule has 1 aliphatic rings. The number of hydrogen-bond acceptors (Lipinski definition) is 3. The zero-order valence-corrected chi connectivity index (χ0v) is 10.1. The zero-order chi connectivity index (χ0) is 10.8. The first-order valence-electron chi connectivity index (χ1n) is 4.93. The van der Waals surface area contributed by atoms with E-state index in [1.165, 1.54) is 0 Å². The summed E-state index contributed by atoms with van der Waals surface area (Å²) in [6, 6.07) is 0.317. The normalized spacial score (nSPS) is 27.7. The summed E-state index contributed by atoms with van der Waals surface area (Å²) >= 11 is 1.91. The largest absolute Gasteiger partial charge is 0.369 e. The van der Waals surface area contributed by atoms with Gasteiger partial charge in [0, 0.05) is 24.2 Å². The summed E-state index contributed by atoms with van der Waals surface area (Å²) in [7, 11) is 1.56. The second-order valence-corrected chi connectivity index (χ2v) is 5.74. The molecular weight excluding hydrogens is 198 g/mol. The van der Waals surface area contributed by atoms with Gasteiger partial charge in [-0.2, -0.15) is 11.8 Å². The maximum absolute atomic E-state index is 11.7. The average Bonchev–Trinajstić information content (AvgIpc) is 2.51. The lowest BCUT2D eigenvalue weighted by Gasteiger charge is -2.24. The minimum Gasteiger partial charge on any atom is -0.369 e. The van der Waals surface area contributed by atoms with E-state index in [-0.39, 0.29) is 5.91 Å². The molecule has 0 spiro atoms. The first-order valence-corrected chi connectivity index (χ1v) is 5.98. The summed E-state index contributed by atoms with van der Waals surface area (Å²) in [6.45, 7) is 5.76. The van der Waals surface area contributed by atoms with Crippen LogP contribution in [0.1, 0.15) is 27.2 Å². The van der Waals surface area contributed by atoms with Gasteiger partial charge < -0.3 is 10.1 Å². The molecule has 1 aliphatic heterocycles. The van der Waals surface area contributed by atoms with Crippen molar-refractivity contribution in [2.24, 2.45) is 0 Å². The fraction of sp³-hybridized carbons (Fsp3) is 0.900. The van der Waals surface area contributed by atoms with E-state index >= 15 is 0 Å². The van der Waals surface area contributed by atoms with E-state index in [2.05, 4.69) is 12.2 Å². The molecule has 1 rings (SSSR count). The van der Waals surface area contributed by atoms with Gasteiger partial charge in [-0.25, -0.2) is 0 Å². The molecule has 0 radical (unpaired) electrons. The highest BCUT2D eigenvalue weighted by molar-refractivity contribution is 8.00. The van der Waals surface area contributed by atoms with Gasteiger partial charge in [0.05, 0.1) is 0 Å².